The van der Waals surface area contributed by atoms with E-state index in [-0.39, 0.29) is 0 Å². The zero-order valence-electron chi connectivity index (χ0n) is 10.9. The van der Waals surface area contributed by atoms with E-state index < -0.39 is 0 Å². The van der Waals surface area contributed by atoms with Gasteiger partial charge in [-0.25, -0.2) is 0 Å². The fourth-order valence-corrected chi connectivity index (χ4v) is 3.59. The van der Waals surface area contributed by atoms with E-state index in [0.29, 0.717) is 11.3 Å². The van der Waals surface area contributed by atoms with Crippen LogP contribution in [0.25, 0.3) is 11.1 Å². The van der Waals surface area contributed by atoms with Gasteiger partial charge in [-0.2, -0.15) is 5.26 Å². The lowest BCUT2D eigenvalue weighted by atomic mass is 9.96. The number of halogens is 1. The largest absolute Gasteiger partial charge is 0.508 e. The van der Waals surface area contributed by atoms with Gasteiger partial charge in [-0.05, 0) is 47.4 Å². The molecule has 100 valence electrons. The smallest absolute Gasteiger partial charge is 0.130 e. The van der Waals surface area contributed by atoms with E-state index in [1.54, 1.807) is 6.07 Å². The summed E-state index contributed by atoms with van der Waals surface area (Å²) in [5.41, 5.74) is 4.07. The first-order chi connectivity index (χ1) is 9.74. The fraction of sp³-hybridized carbons (Fsp3) is 0.188. The summed E-state index contributed by atoms with van der Waals surface area (Å²) in [5, 5.41) is 18.5. The first kappa shape index (κ1) is 15.1. The van der Waals surface area contributed by atoms with E-state index in [1.165, 1.54) is 11.6 Å². The molecule has 0 amide bonds. The van der Waals surface area contributed by atoms with Crippen molar-refractivity contribution in [3.8, 4) is 22.9 Å². The van der Waals surface area contributed by atoms with Gasteiger partial charge in [-0.3, -0.25) is 0 Å². The minimum Gasteiger partial charge on any atom is -0.508 e. The van der Waals surface area contributed by atoms with Crippen molar-refractivity contribution in [3.63, 3.8) is 0 Å². The number of hydrogen-bond donors (Lipinski definition) is 1. The number of hydrogen-bond acceptors (Lipinski definition) is 2. The molecule has 0 fully saturated rings. The van der Waals surface area contributed by atoms with Gasteiger partial charge >= 0.3 is 0 Å². The van der Waals surface area contributed by atoms with Crippen molar-refractivity contribution in [3.05, 3.63) is 53.6 Å². The van der Waals surface area contributed by atoms with Gasteiger partial charge in [0.05, 0.1) is 11.6 Å². The molecular weight excluding hydrogens is 377 g/mol. The Hall–Kier alpha value is -1.32. The SMILES string of the molecule is N#Cc1ccc(-c2ccc(O)cc2CCC[Si]I)cc1. The summed E-state index contributed by atoms with van der Waals surface area (Å²) in [6.45, 7) is 0. The fourth-order valence-electron chi connectivity index (χ4n) is 2.14. The molecule has 0 atom stereocenters. The molecule has 0 aliphatic carbocycles. The molecule has 2 aromatic carbocycles. The molecule has 2 radical (unpaired) electrons. The second-order valence-electron chi connectivity index (χ2n) is 4.52. The van der Waals surface area contributed by atoms with Gasteiger partial charge in [0.1, 0.15) is 12.8 Å². The van der Waals surface area contributed by atoms with E-state index in [9.17, 15) is 5.11 Å². The topological polar surface area (TPSA) is 44.0 Å². The predicted octanol–water partition coefficient (Wildman–Crippen LogP) is 4.34. The van der Waals surface area contributed by atoms with Crippen molar-refractivity contribution in [2.45, 2.75) is 18.9 Å². The minimum absolute atomic E-state index is 0.314. The predicted molar refractivity (Wildman–Crippen MR) is 91.2 cm³/mol. The molecule has 0 aliphatic rings. The monoisotopic (exact) mass is 391 g/mol. The molecule has 0 spiro atoms. The number of aryl methyl sites for hydroxylation is 1. The van der Waals surface area contributed by atoms with Gasteiger partial charge in [0, 0.05) is 0 Å². The van der Waals surface area contributed by atoms with Crippen LogP contribution in [0.15, 0.2) is 42.5 Å². The van der Waals surface area contributed by atoms with Crippen molar-refractivity contribution in [2.24, 2.45) is 0 Å². The third-order valence-electron chi connectivity index (χ3n) is 3.13. The summed E-state index contributed by atoms with van der Waals surface area (Å²) in [6.07, 6.45) is 2.11. The van der Waals surface area contributed by atoms with E-state index >= 15 is 0 Å². The summed E-state index contributed by atoms with van der Waals surface area (Å²) in [7, 11) is 0.940. The first-order valence-corrected chi connectivity index (χ1v) is 10.7. The summed E-state index contributed by atoms with van der Waals surface area (Å²) >= 11 is 2.41. The molecule has 0 saturated heterocycles. The molecule has 0 heterocycles. The summed E-state index contributed by atoms with van der Waals surface area (Å²) in [4.78, 5) is 0. The zero-order chi connectivity index (χ0) is 14.4. The van der Waals surface area contributed by atoms with E-state index in [2.05, 4.69) is 27.9 Å². The van der Waals surface area contributed by atoms with Crippen LogP contribution < -0.4 is 0 Å². The Bertz CT molecular complexity index is 619. The van der Waals surface area contributed by atoms with Crippen LogP contribution in [0.5, 0.6) is 5.75 Å². The summed E-state index contributed by atoms with van der Waals surface area (Å²) < 4.78 is 0. The molecule has 0 saturated carbocycles. The van der Waals surface area contributed by atoms with Crippen LogP contribution >= 0.6 is 21.8 Å². The van der Waals surface area contributed by atoms with E-state index in [0.717, 1.165) is 31.0 Å². The molecule has 2 rings (SSSR count). The normalized spacial score (nSPS) is 10.2. The van der Waals surface area contributed by atoms with Gasteiger partial charge in [0.25, 0.3) is 0 Å². The average molecular weight is 391 g/mol. The lowest BCUT2D eigenvalue weighted by Gasteiger charge is -2.10. The second-order valence-corrected chi connectivity index (χ2v) is 7.57. The lowest BCUT2D eigenvalue weighted by molar-refractivity contribution is 0.474. The van der Waals surface area contributed by atoms with E-state index in [1.807, 2.05) is 36.4 Å². The van der Waals surface area contributed by atoms with Crippen LogP contribution in [0.4, 0.5) is 0 Å². The lowest BCUT2D eigenvalue weighted by Crippen LogP contribution is -1.92. The third-order valence-corrected chi connectivity index (χ3v) is 5.29. The van der Waals surface area contributed by atoms with Crippen molar-refractivity contribution in [1.29, 1.82) is 5.26 Å². The van der Waals surface area contributed by atoms with E-state index in [4.69, 9.17) is 5.26 Å². The van der Waals surface area contributed by atoms with Crippen molar-refractivity contribution < 1.29 is 5.11 Å². The Labute approximate surface area is 134 Å². The van der Waals surface area contributed by atoms with Gasteiger partial charge in [-0.1, -0.05) is 30.7 Å². The number of phenolic OH excluding ortho intramolecular Hbond substituents is 1. The molecule has 0 aliphatic heterocycles. The average Bonchev–Trinajstić information content (AvgIpc) is 2.48. The Balaban J connectivity index is 2.31. The summed E-state index contributed by atoms with van der Waals surface area (Å²) in [6, 6.07) is 16.5. The highest BCUT2D eigenvalue weighted by molar-refractivity contribution is 14.1. The molecule has 20 heavy (non-hydrogen) atoms. The molecular formula is C16H14INOSi. The van der Waals surface area contributed by atoms with Gasteiger partial charge in [0.2, 0.25) is 0 Å². The minimum atomic E-state index is 0.314. The van der Waals surface area contributed by atoms with Crippen LogP contribution in [-0.4, -0.2) is 12.1 Å². The number of aromatic hydroxyl groups is 1. The molecule has 0 bridgehead atoms. The number of rotatable bonds is 5. The Morgan fingerprint density at radius 1 is 1.15 bits per heavy atom. The molecule has 4 heteroatoms. The number of nitrogens with zero attached hydrogens (tertiary/aromatic N) is 1. The molecule has 2 nitrogen and oxygen atoms in total. The van der Waals surface area contributed by atoms with Crippen LogP contribution in [0.1, 0.15) is 17.5 Å². The highest BCUT2D eigenvalue weighted by Crippen LogP contribution is 2.28. The number of benzene rings is 2. The maximum absolute atomic E-state index is 9.68. The Morgan fingerprint density at radius 2 is 1.90 bits per heavy atom. The number of nitriles is 1. The zero-order valence-corrected chi connectivity index (χ0v) is 14.1. The third kappa shape index (κ3) is 3.84. The highest BCUT2D eigenvalue weighted by Gasteiger charge is 2.06. The quantitative estimate of drug-likeness (QED) is 0.357. The van der Waals surface area contributed by atoms with Crippen molar-refractivity contribution in [1.82, 2.24) is 0 Å². The Morgan fingerprint density at radius 3 is 2.55 bits per heavy atom. The van der Waals surface area contributed by atoms with Crippen molar-refractivity contribution in [2.75, 3.05) is 0 Å². The van der Waals surface area contributed by atoms with Gasteiger partial charge in [-0.15, -0.1) is 21.8 Å². The second kappa shape index (κ2) is 7.46. The van der Waals surface area contributed by atoms with Crippen LogP contribution in [0.2, 0.25) is 6.04 Å². The highest BCUT2D eigenvalue weighted by atomic mass is 127. The van der Waals surface area contributed by atoms with Crippen molar-refractivity contribution >= 4 is 28.8 Å². The van der Waals surface area contributed by atoms with Gasteiger partial charge < -0.3 is 5.11 Å². The summed E-state index contributed by atoms with van der Waals surface area (Å²) in [5.74, 6) is 0.314. The van der Waals surface area contributed by atoms with Crippen LogP contribution in [0, 0.1) is 11.3 Å². The molecule has 0 aromatic heterocycles. The molecule has 1 N–H and O–H groups in total. The standard InChI is InChI=1S/C16H14INOSi/c17-20-9-1-2-14-10-15(19)7-8-16(14)13-5-3-12(11-18)4-6-13/h3-8,10,19H,1-2,9H2. The molecule has 0 unspecified atom stereocenters. The maximum atomic E-state index is 9.68. The maximum Gasteiger partial charge on any atom is 0.130 e. The van der Waals surface area contributed by atoms with Crippen LogP contribution in [-0.2, 0) is 6.42 Å². The van der Waals surface area contributed by atoms with Crippen LogP contribution in [0.3, 0.4) is 0 Å². The van der Waals surface area contributed by atoms with Gasteiger partial charge in [0.15, 0.2) is 0 Å². The molecule has 2 aromatic rings. The number of phenols is 1. The first-order valence-electron chi connectivity index (χ1n) is 6.40. The Kier molecular flexibility index (Phi) is 5.62.